The van der Waals surface area contributed by atoms with Crippen molar-refractivity contribution in [1.29, 1.82) is 0 Å². The molecule has 0 spiro atoms. The van der Waals surface area contributed by atoms with Crippen LogP contribution >= 0.6 is 11.3 Å². The van der Waals surface area contributed by atoms with Crippen LogP contribution in [-0.2, 0) is 0 Å². The summed E-state index contributed by atoms with van der Waals surface area (Å²) in [6.07, 6.45) is 2.75. The monoisotopic (exact) mass is 307 g/mol. The number of carboxylic acids is 1. The van der Waals surface area contributed by atoms with E-state index in [1.54, 1.807) is 13.8 Å². The number of nitrogens with one attached hydrogen (secondary N) is 1. The Morgan fingerprint density at radius 3 is 2.62 bits per heavy atom. The third-order valence-corrected chi connectivity index (χ3v) is 4.00. The van der Waals surface area contributed by atoms with E-state index in [-0.39, 0.29) is 16.4 Å². The molecule has 0 aliphatic rings. The first kappa shape index (κ1) is 14.9. The van der Waals surface area contributed by atoms with Crippen molar-refractivity contribution in [3.8, 4) is 0 Å². The molecule has 0 saturated carbocycles. The van der Waals surface area contributed by atoms with Gasteiger partial charge in [0.1, 0.15) is 9.88 Å². The highest BCUT2D eigenvalue weighted by Crippen LogP contribution is 2.23. The Kier molecular flexibility index (Phi) is 4.13. The van der Waals surface area contributed by atoms with Gasteiger partial charge in [-0.25, -0.2) is 19.7 Å². The normalized spacial score (nSPS) is 11.9. The van der Waals surface area contributed by atoms with Crippen molar-refractivity contribution < 1.29 is 14.7 Å². The van der Waals surface area contributed by atoms with Gasteiger partial charge >= 0.3 is 5.97 Å². The number of nitrogens with two attached hydrogens (primary N) is 1. The van der Waals surface area contributed by atoms with Gasteiger partial charge in [-0.1, -0.05) is 0 Å². The van der Waals surface area contributed by atoms with Gasteiger partial charge in [0.2, 0.25) is 0 Å². The van der Waals surface area contributed by atoms with Crippen LogP contribution in [0, 0.1) is 6.92 Å². The smallest absolute Gasteiger partial charge is 0.347 e. The van der Waals surface area contributed by atoms with Crippen LogP contribution in [0.3, 0.4) is 0 Å². The molecule has 0 fully saturated rings. The number of hydrogen-bond acceptors (Lipinski definition) is 7. The zero-order chi connectivity index (χ0) is 15.6. The van der Waals surface area contributed by atoms with E-state index in [4.69, 9.17) is 10.8 Å². The second-order valence-electron chi connectivity index (χ2n) is 4.26. The Morgan fingerprint density at radius 1 is 1.38 bits per heavy atom. The topological polar surface area (TPSA) is 131 Å². The molecule has 9 heteroatoms. The summed E-state index contributed by atoms with van der Waals surface area (Å²) in [6.45, 7) is 3.31. The Bertz CT molecular complexity index is 700. The van der Waals surface area contributed by atoms with Crippen molar-refractivity contribution in [1.82, 2.24) is 20.3 Å². The van der Waals surface area contributed by atoms with Crippen LogP contribution in [0.25, 0.3) is 0 Å². The number of nitrogen functional groups attached to an aromatic ring is 1. The number of aromatic nitrogens is 3. The van der Waals surface area contributed by atoms with Gasteiger partial charge in [0, 0.05) is 12.4 Å². The fourth-order valence-electron chi connectivity index (χ4n) is 1.65. The molecule has 0 saturated heterocycles. The number of carbonyl (C=O) groups excluding carboxylic acids is 1. The van der Waals surface area contributed by atoms with Gasteiger partial charge in [0.15, 0.2) is 11.5 Å². The highest BCUT2D eigenvalue weighted by molar-refractivity contribution is 7.13. The number of aromatic carboxylic acids is 1. The first-order valence-electron chi connectivity index (χ1n) is 5.98. The summed E-state index contributed by atoms with van der Waals surface area (Å²) in [5, 5.41) is 12.2. The summed E-state index contributed by atoms with van der Waals surface area (Å²) in [5.41, 5.74) is 6.02. The first-order valence-corrected chi connectivity index (χ1v) is 6.79. The van der Waals surface area contributed by atoms with Gasteiger partial charge < -0.3 is 16.2 Å². The lowest BCUT2D eigenvalue weighted by Crippen LogP contribution is -2.28. The number of hydrogen-bond donors (Lipinski definition) is 3. The molecule has 0 radical (unpaired) electrons. The molecule has 21 heavy (non-hydrogen) atoms. The molecule has 0 aliphatic carbocycles. The van der Waals surface area contributed by atoms with Gasteiger partial charge in [-0.05, 0) is 13.8 Å². The van der Waals surface area contributed by atoms with Crippen LogP contribution < -0.4 is 11.1 Å². The lowest BCUT2D eigenvalue weighted by Gasteiger charge is -2.11. The molecule has 4 N–H and O–H groups in total. The predicted molar refractivity (Wildman–Crippen MR) is 76.1 cm³/mol. The van der Waals surface area contributed by atoms with E-state index >= 15 is 0 Å². The van der Waals surface area contributed by atoms with Crippen molar-refractivity contribution in [3.05, 3.63) is 33.7 Å². The number of thiazole rings is 1. The maximum absolute atomic E-state index is 12.0. The van der Waals surface area contributed by atoms with Crippen molar-refractivity contribution in [2.75, 3.05) is 5.73 Å². The highest BCUT2D eigenvalue weighted by atomic mass is 32.1. The van der Waals surface area contributed by atoms with Crippen molar-refractivity contribution in [2.45, 2.75) is 19.9 Å². The van der Waals surface area contributed by atoms with Crippen LogP contribution in [0.2, 0.25) is 0 Å². The van der Waals surface area contributed by atoms with Crippen LogP contribution in [0.1, 0.15) is 43.8 Å². The van der Waals surface area contributed by atoms with E-state index in [0.29, 0.717) is 10.7 Å². The minimum Gasteiger partial charge on any atom is -0.477 e. The molecular formula is C12H13N5O3S. The predicted octanol–water partition coefficient (Wildman–Crippen LogP) is 1.01. The molecule has 1 amide bonds. The number of nitrogens with zero attached hydrogens (tertiary/aromatic N) is 3. The maximum atomic E-state index is 12.0. The van der Waals surface area contributed by atoms with Crippen molar-refractivity contribution >= 4 is 29.0 Å². The molecule has 1 unspecified atom stereocenters. The molecule has 0 aliphatic heterocycles. The van der Waals surface area contributed by atoms with Gasteiger partial charge in [0.25, 0.3) is 5.91 Å². The van der Waals surface area contributed by atoms with Gasteiger partial charge in [-0.2, -0.15) is 0 Å². The Balaban J connectivity index is 2.16. The number of rotatable bonds is 4. The van der Waals surface area contributed by atoms with E-state index in [0.717, 1.165) is 11.3 Å². The summed E-state index contributed by atoms with van der Waals surface area (Å²) in [5.74, 6) is -1.49. The Hall–Kier alpha value is -2.55. The molecule has 1 atom stereocenters. The average molecular weight is 307 g/mol. The average Bonchev–Trinajstić information content (AvgIpc) is 2.81. The molecule has 0 bridgehead atoms. The van der Waals surface area contributed by atoms with Crippen molar-refractivity contribution in [2.24, 2.45) is 0 Å². The van der Waals surface area contributed by atoms with Gasteiger partial charge in [-0.15, -0.1) is 11.3 Å². The SMILES string of the molecule is Cc1nc(C(C)NC(=O)c2nccnc2N)sc1C(=O)O. The van der Waals surface area contributed by atoms with Crippen molar-refractivity contribution in [3.63, 3.8) is 0 Å². The zero-order valence-corrected chi connectivity index (χ0v) is 12.1. The fraction of sp³-hybridized carbons (Fsp3) is 0.250. The third kappa shape index (κ3) is 3.14. The molecule has 2 rings (SSSR count). The summed E-state index contributed by atoms with van der Waals surface area (Å²) < 4.78 is 0. The molecule has 2 aromatic rings. The summed E-state index contributed by atoms with van der Waals surface area (Å²) in [4.78, 5) is 35.0. The zero-order valence-electron chi connectivity index (χ0n) is 11.3. The van der Waals surface area contributed by atoms with E-state index in [1.807, 2.05) is 0 Å². The third-order valence-electron chi connectivity index (χ3n) is 2.67. The minimum absolute atomic E-state index is 0.0242. The first-order chi connectivity index (χ1) is 9.90. The number of aryl methyl sites for hydroxylation is 1. The van der Waals surface area contributed by atoms with Gasteiger partial charge in [-0.3, -0.25) is 4.79 Å². The fourth-order valence-corrected chi connectivity index (χ4v) is 2.56. The largest absolute Gasteiger partial charge is 0.477 e. The number of carboxylic acid groups (broad SMARTS) is 1. The number of carbonyl (C=O) groups is 2. The Labute approximate surface area is 124 Å². The number of amides is 1. The van der Waals surface area contributed by atoms with Gasteiger partial charge in [0.05, 0.1) is 11.7 Å². The Morgan fingerprint density at radius 2 is 2.05 bits per heavy atom. The second kappa shape index (κ2) is 5.83. The molecule has 110 valence electrons. The van der Waals surface area contributed by atoms with Crippen LogP contribution in [0.15, 0.2) is 12.4 Å². The minimum atomic E-state index is -1.03. The maximum Gasteiger partial charge on any atom is 0.347 e. The molecule has 0 aromatic carbocycles. The molecule has 2 heterocycles. The highest BCUT2D eigenvalue weighted by Gasteiger charge is 2.21. The summed E-state index contributed by atoms with van der Waals surface area (Å²) >= 11 is 1.02. The van der Waals surface area contributed by atoms with E-state index in [1.165, 1.54) is 12.4 Å². The lowest BCUT2D eigenvalue weighted by atomic mass is 10.3. The quantitative estimate of drug-likeness (QED) is 0.768. The van der Waals surface area contributed by atoms with E-state index < -0.39 is 17.9 Å². The van der Waals surface area contributed by atoms with E-state index in [9.17, 15) is 9.59 Å². The standard InChI is InChI=1S/C12H13N5O3S/c1-5-8(12(19)20)21-11(17-5)6(2)16-10(18)7-9(13)15-4-3-14-7/h3-4,6H,1-2H3,(H2,13,15)(H,16,18)(H,19,20). The van der Waals surface area contributed by atoms with E-state index in [2.05, 4.69) is 20.3 Å². The lowest BCUT2D eigenvalue weighted by molar-refractivity contribution is 0.0701. The molecule has 2 aromatic heterocycles. The molecular weight excluding hydrogens is 294 g/mol. The summed E-state index contributed by atoms with van der Waals surface area (Å²) in [7, 11) is 0. The molecule has 8 nitrogen and oxygen atoms in total. The second-order valence-corrected chi connectivity index (χ2v) is 5.29. The van der Waals surface area contributed by atoms with Crippen LogP contribution in [0.5, 0.6) is 0 Å². The summed E-state index contributed by atoms with van der Waals surface area (Å²) in [6, 6.07) is -0.462. The van der Waals surface area contributed by atoms with Crippen LogP contribution in [0.4, 0.5) is 5.82 Å². The number of anilines is 1. The van der Waals surface area contributed by atoms with Crippen LogP contribution in [-0.4, -0.2) is 31.9 Å².